The summed E-state index contributed by atoms with van der Waals surface area (Å²) >= 11 is 6.93. The molecule has 0 spiro atoms. The molecular formula is C32H47ClN2O8. The van der Waals surface area contributed by atoms with E-state index in [0.717, 1.165) is 5.56 Å². The molecule has 1 fully saturated rings. The van der Waals surface area contributed by atoms with E-state index in [2.05, 4.69) is 5.32 Å². The van der Waals surface area contributed by atoms with Crippen LogP contribution in [0.2, 0.25) is 5.02 Å². The quantitative estimate of drug-likeness (QED) is 0.164. The normalized spacial score (nSPS) is 21.1. The molecule has 1 aliphatic carbocycles. The highest BCUT2D eigenvalue weighted by atomic mass is 35.5. The van der Waals surface area contributed by atoms with Gasteiger partial charge >= 0.3 is 5.97 Å². The van der Waals surface area contributed by atoms with E-state index in [0.29, 0.717) is 42.4 Å². The van der Waals surface area contributed by atoms with Gasteiger partial charge in [-0.25, -0.2) is 0 Å². The van der Waals surface area contributed by atoms with Crippen molar-refractivity contribution in [2.24, 2.45) is 0 Å². The van der Waals surface area contributed by atoms with Gasteiger partial charge in [-0.05, 0) is 58.7 Å². The number of carbonyl (C=O) groups is 1. The topological polar surface area (TPSA) is 130 Å². The van der Waals surface area contributed by atoms with E-state index < -0.39 is 30.0 Å². The van der Waals surface area contributed by atoms with E-state index in [1.807, 2.05) is 65.0 Å². The fourth-order valence-corrected chi connectivity index (χ4v) is 5.89. The number of carboxylic acid groups (broad SMARTS) is 1. The van der Waals surface area contributed by atoms with Gasteiger partial charge < -0.3 is 34.3 Å². The van der Waals surface area contributed by atoms with Gasteiger partial charge in [0.25, 0.3) is 0 Å². The lowest BCUT2D eigenvalue weighted by molar-refractivity contribution is -0.169. The van der Waals surface area contributed by atoms with E-state index in [1.165, 1.54) is 0 Å². The highest BCUT2D eigenvalue weighted by Gasteiger charge is 2.52. The largest absolute Gasteiger partial charge is 0.493 e. The van der Waals surface area contributed by atoms with Crippen LogP contribution in [0.25, 0.3) is 0 Å². The second-order valence-electron chi connectivity index (χ2n) is 10.8. The molecule has 1 aliphatic rings. The molecule has 0 bridgehead atoms. The number of rotatable bonds is 18. The van der Waals surface area contributed by atoms with Crippen molar-refractivity contribution in [1.82, 2.24) is 10.2 Å². The number of hydrogen-bond acceptors (Lipinski definition) is 9. The molecule has 43 heavy (non-hydrogen) atoms. The second kappa shape index (κ2) is 16.0. The van der Waals surface area contributed by atoms with Crippen LogP contribution in [0.3, 0.4) is 0 Å². The summed E-state index contributed by atoms with van der Waals surface area (Å²) in [6, 6.07) is 11.0. The smallest absolute Gasteiger partial charge is 0.324 e. The zero-order chi connectivity index (χ0) is 31.7. The first-order chi connectivity index (χ1) is 20.5. The fourth-order valence-electron chi connectivity index (χ4n) is 5.52. The Hall–Kier alpha value is -2.44. The first kappa shape index (κ1) is 35.0. The molecule has 0 heterocycles. The summed E-state index contributed by atoms with van der Waals surface area (Å²) in [7, 11) is 0. The van der Waals surface area contributed by atoms with Gasteiger partial charge in [0.05, 0.1) is 48.7 Å². The fraction of sp³-hybridized carbons (Fsp3) is 0.594. The number of halogens is 1. The minimum Gasteiger partial charge on any atom is -0.493 e. The van der Waals surface area contributed by atoms with Crippen LogP contribution < -0.4 is 14.8 Å². The number of hydrogen-bond donors (Lipinski definition) is 4. The predicted octanol–water partition coefficient (Wildman–Crippen LogP) is 5.22. The molecular weight excluding hydrogens is 576 g/mol. The molecule has 0 amide bonds. The van der Waals surface area contributed by atoms with Crippen molar-refractivity contribution < 1.29 is 39.1 Å². The van der Waals surface area contributed by atoms with E-state index >= 15 is 0 Å². The van der Waals surface area contributed by atoms with Crippen LogP contribution in [0.15, 0.2) is 36.4 Å². The first-order valence-corrected chi connectivity index (χ1v) is 15.4. The van der Waals surface area contributed by atoms with Crippen LogP contribution in [0.1, 0.15) is 89.3 Å². The molecule has 11 heteroatoms. The first-order valence-electron chi connectivity index (χ1n) is 15.0. The van der Waals surface area contributed by atoms with Gasteiger partial charge in [-0.2, -0.15) is 0 Å². The van der Waals surface area contributed by atoms with Crippen LogP contribution >= 0.6 is 11.6 Å². The van der Waals surface area contributed by atoms with Crippen molar-refractivity contribution in [2.45, 2.75) is 90.6 Å². The molecule has 4 N–H and O–H groups in total. The summed E-state index contributed by atoms with van der Waals surface area (Å²) in [5, 5.41) is 35.5. The summed E-state index contributed by atoms with van der Waals surface area (Å²) in [5.74, 6) is -0.325. The van der Waals surface area contributed by atoms with Gasteiger partial charge in [0.1, 0.15) is 17.0 Å². The third-order valence-electron chi connectivity index (χ3n) is 7.87. The number of benzene rings is 2. The Balaban J connectivity index is 1.96. The lowest BCUT2D eigenvalue weighted by atomic mass is 9.74. The minimum atomic E-state index is -1.37. The Morgan fingerprint density at radius 1 is 1.07 bits per heavy atom. The molecule has 2 aromatic rings. The lowest BCUT2D eigenvalue weighted by Gasteiger charge is -2.47. The number of aliphatic hydroxyl groups excluding tert-OH is 2. The molecule has 1 saturated carbocycles. The third kappa shape index (κ3) is 8.39. The molecule has 0 aromatic heterocycles. The van der Waals surface area contributed by atoms with Crippen molar-refractivity contribution in [2.75, 3.05) is 33.0 Å². The Labute approximate surface area is 259 Å². The summed E-state index contributed by atoms with van der Waals surface area (Å²) in [6.07, 6.45) is -2.23. The average molecular weight is 623 g/mol. The molecule has 240 valence electrons. The second-order valence-corrected chi connectivity index (χ2v) is 11.2. The highest BCUT2D eigenvalue weighted by Crippen LogP contribution is 2.45. The monoisotopic (exact) mass is 622 g/mol. The number of aliphatic hydroxyl groups is 2. The SMILES string of the molecule is CCOc1cc([C@@H](C)N(CCO[C@@H](C)c2ccccc2)C(O)N[C@]2(C(=O)O)C[C@H](OCC)C2)c(Cl)c(OCC)c1C(C)O. The minimum absolute atomic E-state index is 0.199. The van der Waals surface area contributed by atoms with E-state index in [9.17, 15) is 20.1 Å². The number of carboxylic acids is 1. The Morgan fingerprint density at radius 2 is 1.72 bits per heavy atom. The maximum atomic E-state index is 12.3. The van der Waals surface area contributed by atoms with Gasteiger partial charge in [-0.3, -0.25) is 15.0 Å². The van der Waals surface area contributed by atoms with E-state index in [-0.39, 0.29) is 43.2 Å². The van der Waals surface area contributed by atoms with E-state index in [4.69, 9.17) is 30.5 Å². The Kier molecular flexibility index (Phi) is 13.1. The predicted molar refractivity (Wildman–Crippen MR) is 165 cm³/mol. The zero-order valence-corrected chi connectivity index (χ0v) is 26.8. The van der Waals surface area contributed by atoms with Gasteiger partial charge in [-0.15, -0.1) is 0 Å². The maximum Gasteiger partial charge on any atom is 0.324 e. The van der Waals surface area contributed by atoms with Gasteiger partial charge in [0.2, 0.25) is 0 Å². The molecule has 0 saturated heterocycles. The molecule has 10 nitrogen and oxygen atoms in total. The van der Waals surface area contributed by atoms with Crippen LogP contribution in [-0.2, 0) is 14.3 Å². The number of nitrogens with one attached hydrogen (secondary N) is 1. The van der Waals surface area contributed by atoms with E-state index in [1.54, 1.807) is 17.9 Å². The number of ether oxygens (including phenoxy) is 4. The van der Waals surface area contributed by atoms with Crippen LogP contribution in [0.4, 0.5) is 0 Å². The summed E-state index contributed by atoms with van der Waals surface area (Å²) in [6.45, 7) is 12.6. The molecule has 4 atom stereocenters. The Bertz CT molecular complexity index is 1180. The molecule has 0 radical (unpaired) electrons. The van der Waals surface area contributed by atoms with Crippen molar-refractivity contribution in [1.29, 1.82) is 0 Å². The molecule has 3 rings (SSSR count). The van der Waals surface area contributed by atoms with Crippen molar-refractivity contribution >= 4 is 17.6 Å². The third-order valence-corrected chi connectivity index (χ3v) is 8.26. The lowest BCUT2D eigenvalue weighted by Crippen LogP contribution is -2.68. The van der Waals surface area contributed by atoms with Crippen molar-refractivity contribution in [3.8, 4) is 11.5 Å². The highest BCUT2D eigenvalue weighted by molar-refractivity contribution is 6.33. The van der Waals surface area contributed by atoms with Crippen LogP contribution in [-0.4, -0.2) is 77.2 Å². The average Bonchev–Trinajstić information content (AvgIpc) is 2.95. The Morgan fingerprint density at radius 3 is 2.28 bits per heavy atom. The van der Waals surface area contributed by atoms with Crippen molar-refractivity contribution in [3.63, 3.8) is 0 Å². The summed E-state index contributed by atoms with van der Waals surface area (Å²) in [4.78, 5) is 14.0. The van der Waals surface area contributed by atoms with Crippen LogP contribution in [0, 0.1) is 0 Å². The van der Waals surface area contributed by atoms with Crippen LogP contribution in [0.5, 0.6) is 11.5 Å². The maximum absolute atomic E-state index is 12.3. The summed E-state index contributed by atoms with van der Waals surface area (Å²) in [5.41, 5.74) is 0.695. The molecule has 2 unspecified atom stereocenters. The molecule has 2 aromatic carbocycles. The standard InChI is InChI=1S/C32H47ClN2O8/c1-7-40-24-18-32(19-24,30(37)38)34-31(39)35(15-16-43-22(6)23-13-11-10-12-14-23)20(4)25-17-26(41-8-2)27(21(5)36)29(28(25)33)42-9-3/h10-14,17,20-22,24,31,34,36,39H,7-9,15-16,18-19H2,1-6H3,(H,37,38)/t20-,21?,22+,24-,31?,32+/m1/s1. The van der Waals surface area contributed by atoms with Crippen molar-refractivity contribution in [3.05, 3.63) is 58.1 Å². The molecule has 0 aliphatic heterocycles. The number of nitrogens with zero attached hydrogens (tertiary/aromatic N) is 1. The van der Waals surface area contributed by atoms with Gasteiger partial charge in [0, 0.05) is 32.0 Å². The number of aliphatic carboxylic acids is 1. The zero-order valence-electron chi connectivity index (χ0n) is 26.0. The summed E-state index contributed by atoms with van der Waals surface area (Å²) < 4.78 is 23.5. The van der Waals surface area contributed by atoms with Gasteiger partial charge in [-0.1, -0.05) is 41.9 Å². The van der Waals surface area contributed by atoms with Gasteiger partial charge in [0.15, 0.2) is 6.35 Å².